The molecule has 1 unspecified atom stereocenters. The van der Waals surface area contributed by atoms with Crippen molar-refractivity contribution in [1.82, 2.24) is 4.90 Å². The summed E-state index contributed by atoms with van der Waals surface area (Å²) >= 11 is 0. The van der Waals surface area contributed by atoms with Gasteiger partial charge in [0.2, 0.25) is 5.91 Å². The summed E-state index contributed by atoms with van der Waals surface area (Å²) in [7, 11) is 1.83. The standard InChI is InChI=1S/C22H25NO4/c1-22(13-5-7-17-6-3-4-8-19(17)22)21(26)23(2)14-16-9-11-18(12-10-16)27-15-20(24)25/h3-4,6,8-12H,5,7,13-15H2,1-2H3,(H,24,25). The number of fused-ring (bicyclic) bond motifs is 1. The Balaban J connectivity index is 1.70. The maximum Gasteiger partial charge on any atom is 0.341 e. The molecule has 0 bridgehead atoms. The van der Waals surface area contributed by atoms with Gasteiger partial charge in [0.25, 0.3) is 0 Å². The Bertz CT molecular complexity index is 830. The van der Waals surface area contributed by atoms with Gasteiger partial charge in [0.1, 0.15) is 5.75 Å². The van der Waals surface area contributed by atoms with Crippen molar-refractivity contribution < 1.29 is 19.4 Å². The number of carbonyl (C=O) groups excluding carboxylic acids is 1. The largest absolute Gasteiger partial charge is 0.482 e. The van der Waals surface area contributed by atoms with Crippen molar-refractivity contribution in [2.24, 2.45) is 0 Å². The van der Waals surface area contributed by atoms with E-state index in [0.717, 1.165) is 30.4 Å². The van der Waals surface area contributed by atoms with Crippen molar-refractivity contribution in [2.45, 2.75) is 38.1 Å². The van der Waals surface area contributed by atoms with Crippen LogP contribution in [0.25, 0.3) is 0 Å². The third kappa shape index (κ3) is 4.13. The molecule has 3 rings (SSSR count). The molecule has 0 fully saturated rings. The van der Waals surface area contributed by atoms with Gasteiger partial charge in [0.05, 0.1) is 5.41 Å². The molecular formula is C22H25NO4. The van der Waals surface area contributed by atoms with Gasteiger partial charge in [-0.15, -0.1) is 0 Å². The molecule has 1 N–H and O–H groups in total. The number of carboxylic acids is 1. The molecular weight excluding hydrogens is 342 g/mol. The predicted octanol–water partition coefficient (Wildman–Crippen LogP) is 3.40. The Hall–Kier alpha value is -2.82. The minimum Gasteiger partial charge on any atom is -0.482 e. The van der Waals surface area contributed by atoms with Crippen LogP contribution in [0.3, 0.4) is 0 Å². The molecule has 5 heteroatoms. The van der Waals surface area contributed by atoms with Gasteiger partial charge in [-0.3, -0.25) is 4.79 Å². The Kier molecular flexibility index (Phi) is 5.49. The Morgan fingerprint density at radius 1 is 1.15 bits per heavy atom. The van der Waals surface area contributed by atoms with E-state index in [4.69, 9.17) is 9.84 Å². The lowest BCUT2D eigenvalue weighted by molar-refractivity contribution is -0.139. The lowest BCUT2D eigenvalue weighted by atomic mass is 9.70. The molecule has 0 saturated heterocycles. The highest BCUT2D eigenvalue weighted by Crippen LogP contribution is 2.38. The molecule has 1 aliphatic carbocycles. The van der Waals surface area contributed by atoms with Crippen molar-refractivity contribution in [3.8, 4) is 5.75 Å². The van der Waals surface area contributed by atoms with E-state index in [9.17, 15) is 9.59 Å². The van der Waals surface area contributed by atoms with Gasteiger partial charge in [0.15, 0.2) is 6.61 Å². The zero-order valence-corrected chi connectivity index (χ0v) is 15.8. The topological polar surface area (TPSA) is 66.8 Å². The third-order valence-corrected chi connectivity index (χ3v) is 5.26. The van der Waals surface area contributed by atoms with Crippen molar-refractivity contribution in [3.05, 3.63) is 65.2 Å². The third-order valence-electron chi connectivity index (χ3n) is 5.26. The van der Waals surface area contributed by atoms with Crippen molar-refractivity contribution in [1.29, 1.82) is 0 Å². The van der Waals surface area contributed by atoms with Crippen LogP contribution in [-0.2, 0) is 28.0 Å². The van der Waals surface area contributed by atoms with Crippen LogP contribution in [0.5, 0.6) is 5.75 Å². The van der Waals surface area contributed by atoms with Gasteiger partial charge < -0.3 is 14.7 Å². The first-order chi connectivity index (χ1) is 12.9. The van der Waals surface area contributed by atoms with Crippen LogP contribution >= 0.6 is 0 Å². The molecule has 0 saturated carbocycles. The molecule has 0 spiro atoms. The molecule has 1 atom stereocenters. The van der Waals surface area contributed by atoms with Crippen molar-refractivity contribution in [2.75, 3.05) is 13.7 Å². The highest BCUT2D eigenvalue weighted by Gasteiger charge is 2.40. The van der Waals surface area contributed by atoms with Crippen LogP contribution in [-0.4, -0.2) is 35.5 Å². The van der Waals surface area contributed by atoms with E-state index in [2.05, 4.69) is 12.1 Å². The van der Waals surface area contributed by atoms with Crippen LogP contribution in [0.15, 0.2) is 48.5 Å². The average Bonchev–Trinajstić information content (AvgIpc) is 2.67. The quantitative estimate of drug-likeness (QED) is 0.850. The fraction of sp³-hybridized carbons (Fsp3) is 0.364. The van der Waals surface area contributed by atoms with E-state index >= 15 is 0 Å². The van der Waals surface area contributed by atoms with Gasteiger partial charge in [-0.05, 0) is 55.0 Å². The van der Waals surface area contributed by atoms with Gasteiger partial charge >= 0.3 is 5.97 Å². The number of ether oxygens (including phenoxy) is 1. The van der Waals surface area contributed by atoms with Crippen LogP contribution in [0.4, 0.5) is 0 Å². The van der Waals surface area contributed by atoms with Gasteiger partial charge in [-0.2, -0.15) is 0 Å². The minimum atomic E-state index is -1.01. The first-order valence-electron chi connectivity index (χ1n) is 9.17. The summed E-state index contributed by atoms with van der Waals surface area (Å²) in [6.45, 7) is 2.18. The number of amides is 1. The number of hydrogen-bond donors (Lipinski definition) is 1. The Labute approximate surface area is 159 Å². The van der Waals surface area contributed by atoms with Crippen LogP contribution in [0, 0.1) is 0 Å². The second kappa shape index (κ2) is 7.82. The summed E-state index contributed by atoms with van der Waals surface area (Å²) in [4.78, 5) is 25.6. The van der Waals surface area contributed by atoms with Crippen LogP contribution < -0.4 is 4.74 Å². The van der Waals surface area contributed by atoms with Gasteiger partial charge in [-0.25, -0.2) is 4.79 Å². The molecule has 142 valence electrons. The Morgan fingerprint density at radius 3 is 2.56 bits per heavy atom. The van der Waals surface area contributed by atoms with Gasteiger partial charge in [-0.1, -0.05) is 36.4 Å². The maximum atomic E-state index is 13.3. The number of nitrogens with zero attached hydrogens (tertiary/aromatic N) is 1. The second-order valence-electron chi connectivity index (χ2n) is 7.33. The number of hydrogen-bond acceptors (Lipinski definition) is 3. The lowest BCUT2D eigenvalue weighted by Crippen LogP contribution is -2.45. The first kappa shape index (κ1) is 19.0. The molecule has 2 aromatic rings. The zero-order chi connectivity index (χ0) is 19.4. The van der Waals surface area contributed by atoms with Crippen molar-refractivity contribution in [3.63, 3.8) is 0 Å². The molecule has 1 amide bonds. The summed E-state index contributed by atoms with van der Waals surface area (Å²) in [5, 5.41) is 8.66. The van der Waals surface area contributed by atoms with E-state index in [0.29, 0.717) is 12.3 Å². The fourth-order valence-corrected chi connectivity index (χ4v) is 3.87. The monoisotopic (exact) mass is 367 g/mol. The smallest absolute Gasteiger partial charge is 0.341 e. The van der Waals surface area contributed by atoms with E-state index in [1.165, 1.54) is 5.56 Å². The number of carbonyl (C=O) groups is 2. The normalized spacial score (nSPS) is 18.4. The molecule has 0 aliphatic heterocycles. The van der Waals surface area contributed by atoms with E-state index in [1.807, 2.05) is 38.2 Å². The number of carboxylic acid groups (broad SMARTS) is 1. The van der Waals surface area contributed by atoms with E-state index in [-0.39, 0.29) is 12.5 Å². The molecule has 27 heavy (non-hydrogen) atoms. The lowest BCUT2D eigenvalue weighted by Gasteiger charge is -2.37. The second-order valence-corrected chi connectivity index (χ2v) is 7.33. The SMILES string of the molecule is CN(Cc1ccc(OCC(=O)O)cc1)C(=O)C1(C)CCCc2ccccc21. The van der Waals surface area contributed by atoms with Gasteiger partial charge in [0, 0.05) is 13.6 Å². The van der Waals surface area contributed by atoms with Crippen LogP contribution in [0.2, 0.25) is 0 Å². The number of likely N-dealkylation sites (N-methyl/N-ethyl adjacent to an activating group) is 1. The predicted molar refractivity (Wildman–Crippen MR) is 103 cm³/mol. The molecule has 5 nitrogen and oxygen atoms in total. The summed E-state index contributed by atoms with van der Waals surface area (Å²) in [6, 6.07) is 15.4. The molecule has 0 heterocycles. The summed E-state index contributed by atoms with van der Waals surface area (Å²) in [5.41, 5.74) is 2.90. The number of aliphatic carboxylic acids is 1. The minimum absolute atomic E-state index is 0.126. The van der Waals surface area contributed by atoms with E-state index in [1.54, 1.807) is 17.0 Å². The summed E-state index contributed by atoms with van der Waals surface area (Å²) < 4.78 is 5.15. The molecule has 0 aromatic heterocycles. The summed E-state index contributed by atoms with van der Waals surface area (Å²) in [6.07, 6.45) is 2.90. The van der Waals surface area contributed by atoms with Crippen LogP contribution in [0.1, 0.15) is 36.5 Å². The van der Waals surface area contributed by atoms with E-state index < -0.39 is 11.4 Å². The Morgan fingerprint density at radius 2 is 1.85 bits per heavy atom. The number of rotatable bonds is 6. The number of benzene rings is 2. The highest BCUT2D eigenvalue weighted by atomic mass is 16.5. The average molecular weight is 367 g/mol. The maximum absolute atomic E-state index is 13.3. The number of aryl methyl sites for hydroxylation is 1. The van der Waals surface area contributed by atoms with Crippen molar-refractivity contribution >= 4 is 11.9 Å². The summed E-state index contributed by atoms with van der Waals surface area (Å²) in [5.74, 6) is -0.380. The zero-order valence-electron chi connectivity index (χ0n) is 15.8. The molecule has 2 aromatic carbocycles. The highest BCUT2D eigenvalue weighted by molar-refractivity contribution is 5.88. The fourth-order valence-electron chi connectivity index (χ4n) is 3.87. The molecule has 1 aliphatic rings. The first-order valence-corrected chi connectivity index (χ1v) is 9.17. The molecule has 0 radical (unpaired) electrons.